The van der Waals surface area contributed by atoms with Crippen LogP contribution in [0.25, 0.3) is 11.3 Å². The van der Waals surface area contributed by atoms with Gasteiger partial charge in [0, 0.05) is 31.9 Å². The van der Waals surface area contributed by atoms with Gasteiger partial charge in [0.25, 0.3) is 0 Å². The lowest BCUT2D eigenvalue weighted by Crippen LogP contribution is -2.27. The second kappa shape index (κ2) is 7.85. The molecule has 0 aliphatic carbocycles. The maximum absolute atomic E-state index is 14.0. The number of rotatable bonds is 5. The molecule has 140 valence electrons. The van der Waals surface area contributed by atoms with Gasteiger partial charge in [0.05, 0.1) is 11.4 Å². The van der Waals surface area contributed by atoms with Crippen LogP contribution < -0.4 is 10.2 Å². The van der Waals surface area contributed by atoms with Crippen molar-refractivity contribution >= 4 is 11.7 Å². The lowest BCUT2D eigenvalue weighted by molar-refractivity contribution is -0.215. The largest absolute Gasteiger partial charge is 0.454 e. The number of hydrogen-bond acceptors (Lipinski definition) is 6. The van der Waals surface area contributed by atoms with Crippen molar-refractivity contribution in [1.29, 1.82) is 0 Å². The Morgan fingerprint density at radius 2 is 1.93 bits per heavy atom. The zero-order chi connectivity index (χ0) is 19.4. The molecule has 3 rings (SSSR count). The quantitative estimate of drug-likeness (QED) is 0.523. The highest BCUT2D eigenvalue weighted by Crippen LogP contribution is 2.28. The Morgan fingerprint density at radius 3 is 2.56 bits per heavy atom. The maximum atomic E-state index is 14.0. The highest BCUT2D eigenvalue weighted by atomic mass is 19.1. The Labute approximate surface area is 154 Å². The van der Waals surface area contributed by atoms with Gasteiger partial charge in [-0.05, 0) is 42.5 Å². The van der Waals surface area contributed by atoms with Crippen LogP contribution in [0.3, 0.4) is 0 Å². The molecule has 0 spiro atoms. The lowest BCUT2D eigenvalue weighted by Gasteiger charge is -2.09. The van der Waals surface area contributed by atoms with E-state index in [1.54, 1.807) is 50.6 Å². The molecular weight excluding hydrogens is 355 g/mol. The lowest BCUT2D eigenvalue weighted by atomic mass is 10.1. The third-order valence-corrected chi connectivity index (χ3v) is 3.64. The summed E-state index contributed by atoms with van der Waals surface area (Å²) in [4.78, 5) is 17.1. The summed E-state index contributed by atoms with van der Waals surface area (Å²) < 4.78 is 20.8. The molecule has 0 fully saturated rings. The smallest absolute Gasteiger partial charge is 0.344 e. The van der Waals surface area contributed by atoms with Gasteiger partial charge in [0.15, 0.2) is 11.6 Å². The van der Waals surface area contributed by atoms with Crippen molar-refractivity contribution in [2.24, 2.45) is 0 Å². The number of carbonyl (C=O) groups is 1. The van der Waals surface area contributed by atoms with Crippen LogP contribution in [-0.4, -0.2) is 40.1 Å². The summed E-state index contributed by atoms with van der Waals surface area (Å²) in [6.07, 6.45) is 1.59. The Balaban J connectivity index is 1.73. The fourth-order valence-electron chi connectivity index (χ4n) is 2.31. The Kier molecular flexibility index (Phi) is 5.34. The highest BCUT2D eigenvalue weighted by molar-refractivity contribution is 5.76. The number of aromatic nitrogens is 2. The second-order valence-electron chi connectivity index (χ2n) is 5.79. The van der Waals surface area contributed by atoms with Crippen LogP contribution in [-0.2, 0) is 4.99 Å². The first kappa shape index (κ1) is 18.4. The molecule has 8 nitrogen and oxygen atoms in total. The van der Waals surface area contributed by atoms with E-state index in [4.69, 9.17) is 9.99 Å². The molecule has 0 aliphatic rings. The molecular formula is C18H17FN4O4. The molecule has 0 saturated carbocycles. The fourth-order valence-corrected chi connectivity index (χ4v) is 2.31. The molecule has 1 amide bonds. The van der Waals surface area contributed by atoms with Gasteiger partial charge in [0.2, 0.25) is 0 Å². The zero-order valence-corrected chi connectivity index (χ0v) is 14.6. The molecule has 27 heavy (non-hydrogen) atoms. The first-order valence-corrected chi connectivity index (χ1v) is 7.89. The predicted octanol–water partition coefficient (Wildman–Crippen LogP) is 3.83. The van der Waals surface area contributed by atoms with Gasteiger partial charge < -0.3 is 9.64 Å². The monoisotopic (exact) mass is 372 g/mol. The number of carbonyl (C=O) groups excluding carboxylic acids is 1. The van der Waals surface area contributed by atoms with Gasteiger partial charge in [0.1, 0.15) is 5.75 Å². The van der Waals surface area contributed by atoms with Gasteiger partial charge in [-0.1, -0.05) is 0 Å². The van der Waals surface area contributed by atoms with Gasteiger partial charge in [-0.3, -0.25) is 0 Å². The average molecular weight is 372 g/mol. The summed E-state index contributed by atoms with van der Waals surface area (Å²) in [6, 6.07) is 12.3. The number of halogens is 1. The van der Waals surface area contributed by atoms with Crippen LogP contribution in [0.2, 0.25) is 0 Å². The molecule has 0 atom stereocenters. The van der Waals surface area contributed by atoms with E-state index in [1.807, 2.05) is 0 Å². The minimum Gasteiger partial charge on any atom is -0.454 e. The van der Waals surface area contributed by atoms with Crippen LogP contribution in [0.1, 0.15) is 0 Å². The van der Waals surface area contributed by atoms with Gasteiger partial charge in [-0.2, -0.15) is 9.78 Å². The van der Waals surface area contributed by atoms with E-state index in [0.29, 0.717) is 11.4 Å². The summed E-state index contributed by atoms with van der Waals surface area (Å²) in [5.74, 6) is -0.172. The molecule has 0 aliphatic heterocycles. The van der Waals surface area contributed by atoms with Crippen LogP contribution >= 0.6 is 0 Å². The average Bonchev–Trinajstić information content (AvgIpc) is 3.14. The highest BCUT2D eigenvalue weighted by Gasteiger charge is 2.11. The Bertz CT molecular complexity index is 941. The first-order valence-electron chi connectivity index (χ1n) is 7.89. The van der Waals surface area contributed by atoms with E-state index in [0.717, 1.165) is 11.6 Å². The van der Waals surface area contributed by atoms with Crippen molar-refractivity contribution in [3.8, 4) is 22.8 Å². The van der Waals surface area contributed by atoms with Crippen LogP contribution in [0, 0.1) is 5.82 Å². The van der Waals surface area contributed by atoms with Crippen molar-refractivity contribution in [3.63, 3.8) is 0 Å². The van der Waals surface area contributed by atoms with Crippen molar-refractivity contribution in [3.05, 3.63) is 60.5 Å². The fraction of sp³-hybridized carbons (Fsp3) is 0.111. The molecule has 0 radical (unpaired) electrons. The molecule has 0 bridgehead atoms. The maximum Gasteiger partial charge on any atom is 0.344 e. The number of amides is 1. The number of nitrogens with zero attached hydrogens (tertiary/aromatic N) is 3. The van der Waals surface area contributed by atoms with E-state index in [1.165, 1.54) is 21.7 Å². The zero-order valence-electron chi connectivity index (χ0n) is 14.6. The van der Waals surface area contributed by atoms with E-state index < -0.39 is 5.82 Å². The molecule has 1 aromatic heterocycles. The summed E-state index contributed by atoms with van der Waals surface area (Å²) in [5, 5.41) is 12.5. The summed E-state index contributed by atoms with van der Waals surface area (Å²) in [5.41, 5.74) is 3.75. The minimum atomic E-state index is -0.623. The molecule has 3 aromatic rings. The SMILES string of the molecule is CN(C)C(=O)n1ccc(-c2ccc(Oc3ccc(NOO)cc3F)cc2)n1. The van der Waals surface area contributed by atoms with Gasteiger partial charge in [-0.25, -0.2) is 19.9 Å². The number of nitrogens with one attached hydrogen (secondary N) is 1. The standard InChI is InChI=1S/C18H17FN4O4/c1-22(2)18(24)23-10-9-16(20-23)12-3-6-14(7-4-12)26-17-8-5-13(21-27-25)11-15(17)19/h3-11,21,25H,1-2H3. The van der Waals surface area contributed by atoms with Crippen molar-refractivity contribution < 1.29 is 24.2 Å². The summed E-state index contributed by atoms with van der Waals surface area (Å²) >= 11 is 0. The van der Waals surface area contributed by atoms with Crippen molar-refractivity contribution in [2.75, 3.05) is 19.6 Å². The van der Waals surface area contributed by atoms with E-state index in [-0.39, 0.29) is 17.5 Å². The molecule has 0 unspecified atom stereocenters. The number of anilines is 1. The normalized spacial score (nSPS) is 10.5. The minimum absolute atomic E-state index is 0.0205. The molecule has 2 N–H and O–H groups in total. The second-order valence-corrected chi connectivity index (χ2v) is 5.79. The van der Waals surface area contributed by atoms with E-state index in [2.05, 4.69) is 15.6 Å². The number of ether oxygens (including phenoxy) is 1. The van der Waals surface area contributed by atoms with Gasteiger partial charge >= 0.3 is 6.03 Å². The van der Waals surface area contributed by atoms with Gasteiger partial charge in [-0.15, -0.1) is 4.99 Å². The molecule has 1 heterocycles. The van der Waals surface area contributed by atoms with Crippen LogP contribution in [0.4, 0.5) is 14.9 Å². The van der Waals surface area contributed by atoms with Crippen molar-refractivity contribution in [2.45, 2.75) is 0 Å². The molecule has 0 saturated heterocycles. The number of hydrogen-bond donors (Lipinski definition) is 2. The number of benzene rings is 2. The Morgan fingerprint density at radius 1 is 1.19 bits per heavy atom. The third-order valence-electron chi connectivity index (χ3n) is 3.64. The summed E-state index contributed by atoms with van der Waals surface area (Å²) in [7, 11) is 3.29. The molecule has 9 heteroatoms. The predicted molar refractivity (Wildman–Crippen MR) is 96.0 cm³/mol. The van der Waals surface area contributed by atoms with E-state index >= 15 is 0 Å². The van der Waals surface area contributed by atoms with Crippen LogP contribution in [0.15, 0.2) is 54.7 Å². The Hall–Kier alpha value is -3.43. The summed E-state index contributed by atoms with van der Waals surface area (Å²) in [6.45, 7) is 0. The van der Waals surface area contributed by atoms with Crippen LogP contribution in [0.5, 0.6) is 11.5 Å². The van der Waals surface area contributed by atoms with E-state index in [9.17, 15) is 9.18 Å². The molecule has 2 aromatic carbocycles. The third kappa shape index (κ3) is 4.22. The van der Waals surface area contributed by atoms with Crippen molar-refractivity contribution in [1.82, 2.24) is 14.7 Å². The topological polar surface area (TPSA) is 88.9 Å². The first-order chi connectivity index (χ1) is 13.0.